The van der Waals surface area contributed by atoms with Crippen LogP contribution in [0.4, 0.5) is 5.82 Å². The Morgan fingerprint density at radius 2 is 1.86 bits per heavy atom. The third kappa shape index (κ3) is 5.61. The van der Waals surface area contributed by atoms with Crippen molar-refractivity contribution in [3.05, 3.63) is 41.3 Å². The first kappa shape index (κ1) is 23.4. The van der Waals surface area contributed by atoms with Gasteiger partial charge in [0.1, 0.15) is 5.82 Å². The lowest BCUT2D eigenvalue weighted by Gasteiger charge is -2.37. The molecule has 2 aromatic heterocycles. The standard InChI is InChI=1S/C21H33N7.HI/c1-5-18-17(19(6-2)26(4)25-18)16-24-21(22-7-3)28-14-12-27(13-15-28)20-10-8-9-11-23-20;/h8-11H,5-7,12-16H2,1-4H3,(H,22,24);1H. The number of hydrogen-bond donors (Lipinski definition) is 1. The number of hydrogen-bond acceptors (Lipinski definition) is 4. The first-order chi connectivity index (χ1) is 13.7. The Morgan fingerprint density at radius 1 is 1.10 bits per heavy atom. The van der Waals surface area contributed by atoms with Crippen LogP contribution in [0.2, 0.25) is 0 Å². The number of nitrogens with zero attached hydrogens (tertiary/aromatic N) is 6. The molecule has 1 N–H and O–H groups in total. The van der Waals surface area contributed by atoms with Crippen molar-refractivity contribution in [1.82, 2.24) is 25.0 Å². The molecule has 29 heavy (non-hydrogen) atoms. The minimum atomic E-state index is 0. The lowest BCUT2D eigenvalue weighted by Crippen LogP contribution is -2.52. The van der Waals surface area contributed by atoms with Gasteiger partial charge in [-0.2, -0.15) is 5.10 Å². The van der Waals surface area contributed by atoms with Gasteiger partial charge in [0.25, 0.3) is 0 Å². The van der Waals surface area contributed by atoms with E-state index in [-0.39, 0.29) is 24.0 Å². The topological polar surface area (TPSA) is 61.6 Å². The summed E-state index contributed by atoms with van der Waals surface area (Å²) < 4.78 is 2.02. The van der Waals surface area contributed by atoms with Gasteiger partial charge >= 0.3 is 0 Å². The van der Waals surface area contributed by atoms with E-state index in [9.17, 15) is 0 Å². The van der Waals surface area contributed by atoms with Gasteiger partial charge in [0, 0.05) is 57.2 Å². The van der Waals surface area contributed by atoms with E-state index in [2.05, 4.69) is 52.0 Å². The quantitative estimate of drug-likeness (QED) is 0.367. The van der Waals surface area contributed by atoms with E-state index in [1.807, 2.05) is 30.1 Å². The second kappa shape index (κ2) is 11.4. The molecular formula is C21H34IN7. The molecule has 0 aliphatic carbocycles. The third-order valence-electron chi connectivity index (χ3n) is 5.30. The van der Waals surface area contributed by atoms with Crippen LogP contribution in [0, 0.1) is 0 Å². The van der Waals surface area contributed by atoms with Gasteiger partial charge in [0.2, 0.25) is 0 Å². The van der Waals surface area contributed by atoms with Crippen LogP contribution in [0.15, 0.2) is 29.4 Å². The monoisotopic (exact) mass is 511 g/mol. The second-order valence-electron chi connectivity index (χ2n) is 7.03. The number of aliphatic imine (C=N–C) groups is 1. The molecule has 1 saturated heterocycles. The molecule has 2 aromatic rings. The Bertz CT molecular complexity index is 780. The molecule has 1 aliphatic rings. The van der Waals surface area contributed by atoms with Gasteiger partial charge in [-0.3, -0.25) is 4.68 Å². The van der Waals surface area contributed by atoms with E-state index in [0.717, 1.165) is 57.3 Å². The van der Waals surface area contributed by atoms with Crippen molar-refractivity contribution in [1.29, 1.82) is 0 Å². The maximum Gasteiger partial charge on any atom is 0.194 e. The number of aromatic nitrogens is 3. The minimum Gasteiger partial charge on any atom is -0.357 e. The Kier molecular flexibility index (Phi) is 9.19. The number of aryl methyl sites for hydroxylation is 2. The van der Waals surface area contributed by atoms with Crippen molar-refractivity contribution >= 4 is 35.8 Å². The molecule has 0 aromatic carbocycles. The van der Waals surface area contributed by atoms with Crippen LogP contribution >= 0.6 is 24.0 Å². The molecule has 0 amide bonds. The van der Waals surface area contributed by atoms with E-state index in [1.165, 1.54) is 17.0 Å². The maximum atomic E-state index is 4.98. The van der Waals surface area contributed by atoms with Crippen LogP contribution in [0.3, 0.4) is 0 Å². The summed E-state index contributed by atoms with van der Waals surface area (Å²) in [4.78, 5) is 14.2. The average Bonchev–Trinajstić information content (AvgIpc) is 3.06. The van der Waals surface area contributed by atoms with Gasteiger partial charge in [-0.15, -0.1) is 24.0 Å². The van der Waals surface area contributed by atoms with Crippen molar-refractivity contribution in [2.24, 2.45) is 12.0 Å². The Hall–Kier alpha value is -1.84. The van der Waals surface area contributed by atoms with Gasteiger partial charge in [-0.25, -0.2) is 9.98 Å². The third-order valence-corrected chi connectivity index (χ3v) is 5.30. The van der Waals surface area contributed by atoms with Crippen LogP contribution < -0.4 is 10.2 Å². The fourth-order valence-corrected chi connectivity index (χ4v) is 3.84. The highest BCUT2D eigenvalue weighted by atomic mass is 127. The van der Waals surface area contributed by atoms with Crippen molar-refractivity contribution in [3.8, 4) is 0 Å². The number of anilines is 1. The van der Waals surface area contributed by atoms with Crippen LogP contribution in [0.5, 0.6) is 0 Å². The molecule has 1 aliphatic heterocycles. The van der Waals surface area contributed by atoms with Crippen LogP contribution in [0.25, 0.3) is 0 Å². The highest BCUT2D eigenvalue weighted by Crippen LogP contribution is 2.17. The molecule has 3 rings (SSSR count). The minimum absolute atomic E-state index is 0. The molecule has 8 heteroatoms. The molecular weight excluding hydrogens is 477 g/mol. The SMILES string of the molecule is CCNC(=NCc1c(CC)nn(C)c1CC)N1CCN(c2ccccn2)CC1.I. The number of rotatable bonds is 6. The summed E-state index contributed by atoms with van der Waals surface area (Å²) in [5.41, 5.74) is 3.74. The molecule has 0 atom stereocenters. The largest absolute Gasteiger partial charge is 0.357 e. The summed E-state index contributed by atoms with van der Waals surface area (Å²) in [5, 5.41) is 8.15. The Labute approximate surface area is 191 Å². The number of pyridine rings is 1. The Morgan fingerprint density at radius 3 is 2.45 bits per heavy atom. The fourth-order valence-electron chi connectivity index (χ4n) is 3.84. The summed E-state index contributed by atoms with van der Waals surface area (Å²) in [6.45, 7) is 11.8. The molecule has 3 heterocycles. The van der Waals surface area contributed by atoms with Gasteiger partial charge in [0.05, 0.1) is 12.2 Å². The highest BCUT2D eigenvalue weighted by molar-refractivity contribution is 14.0. The molecule has 0 radical (unpaired) electrons. The van der Waals surface area contributed by atoms with Crippen molar-refractivity contribution in [3.63, 3.8) is 0 Å². The molecule has 160 valence electrons. The number of guanidine groups is 1. The summed E-state index contributed by atoms with van der Waals surface area (Å²) in [5.74, 6) is 2.05. The van der Waals surface area contributed by atoms with E-state index < -0.39 is 0 Å². The van der Waals surface area contributed by atoms with Gasteiger partial charge in [0.15, 0.2) is 5.96 Å². The number of halogens is 1. The van der Waals surface area contributed by atoms with Gasteiger partial charge < -0.3 is 15.1 Å². The molecule has 0 bridgehead atoms. The first-order valence-corrected chi connectivity index (χ1v) is 10.4. The molecule has 0 spiro atoms. The summed E-state index contributed by atoms with van der Waals surface area (Å²) in [6, 6.07) is 6.09. The zero-order chi connectivity index (χ0) is 19.9. The molecule has 7 nitrogen and oxygen atoms in total. The lowest BCUT2D eigenvalue weighted by molar-refractivity contribution is 0.371. The lowest BCUT2D eigenvalue weighted by atomic mass is 10.1. The predicted octanol–water partition coefficient (Wildman–Crippen LogP) is 2.85. The fraction of sp³-hybridized carbons (Fsp3) is 0.571. The van der Waals surface area contributed by atoms with Crippen LogP contribution in [0.1, 0.15) is 37.7 Å². The average molecular weight is 511 g/mol. The molecule has 1 fully saturated rings. The van der Waals surface area contributed by atoms with Crippen molar-refractivity contribution in [2.45, 2.75) is 40.2 Å². The van der Waals surface area contributed by atoms with Gasteiger partial charge in [-0.1, -0.05) is 19.9 Å². The maximum absolute atomic E-state index is 4.98. The number of piperazine rings is 1. The normalized spacial score (nSPS) is 14.7. The molecule has 0 saturated carbocycles. The predicted molar refractivity (Wildman–Crippen MR) is 130 cm³/mol. The Balaban J connectivity index is 0.00000300. The zero-order valence-corrected chi connectivity index (χ0v) is 20.4. The van der Waals surface area contributed by atoms with E-state index in [4.69, 9.17) is 4.99 Å². The van der Waals surface area contributed by atoms with Crippen molar-refractivity contribution < 1.29 is 0 Å². The van der Waals surface area contributed by atoms with Crippen LogP contribution in [-0.2, 0) is 26.4 Å². The summed E-state index contributed by atoms with van der Waals surface area (Å²) in [7, 11) is 2.03. The number of nitrogens with one attached hydrogen (secondary N) is 1. The summed E-state index contributed by atoms with van der Waals surface area (Å²) in [6.07, 6.45) is 3.78. The smallest absolute Gasteiger partial charge is 0.194 e. The second-order valence-corrected chi connectivity index (χ2v) is 7.03. The van der Waals surface area contributed by atoms with Crippen molar-refractivity contribution in [2.75, 3.05) is 37.6 Å². The van der Waals surface area contributed by atoms with Crippen LogP contribution in [-0.4, -0.2) is 58.3 Å². The summed E-state index contributed by atoms with van der Waals surface area (Å²) >= 11 is 0. The van der Waals surface area contributed by atoms with E-state index in [1.54, 1.807) is 0 Å². The first-order valence-electron chi connectivity index (χ1n) is 10.4. The van der Waals surface area contributed by atoms with E-state index >= 15 is 0 Å². The van der Waals surface area contributed by atoms with E-state index in [0.29, 0.717) is 6.54 Å². The highest BCUT2D eigenvalue weighted by Gasteiger charge is 2.21. The zero-order valence-electron chi connectivity index (χ0n) is 18.1. The molecule has 0 unspecified atom stereocenters. The van der Waals surface area contributed by atoms with Gasteiger partial charge in [-0.05, 0) is 31.9 Å².